The number of benzene rings is 3. The summed E-state index contributed by atoms with van der Waals surface area (Å²) in [5, 5.41) is 3.82. The number of aromatic nitrogens is 2. The summed E-state index contributed by atoms with van der Waals surface area (Å²) < 4.78 is 0. The van der Waals surface area contributed by atoms with Gasteiger partial charge in [0, 0.05) is 50.2 Å². The van der Waals surface area contributed by atoms with Gasteiger partial charge in [0.1, 0.15) is 0 Å². The average molecular weight is 405 g/mol. The Morgan fingerprint density at radius 1 is 0.679 bits per heavy atom. The van der Waals surface area contributed by atoms with Crippen LogP contribution in [0.25, 0.3) is 21.8 Å². The van der Waals surface area contributed by atoms with Gasteiger partial charge in [0.25, 0.3) is 0 Å². The van der Waals surface area contributed by atoms with Crippen molar-refractivity contribution in [3.63, 3.8) is 0 Å². The average Bonchev–Trinajstić information content (AvgIpc) is 3.28. The largest absolute Gasteiger partial charge is 0.361 e. The SMILES string of the molecule is Cc1ccc(C(c2c[nH]c3cc(Cl)ccc23)c2c[nH]c3cc(Cl)ccc23)cc1. The predicted molar refractivity (Wildman–Crippen MR) is 119 cm³/mol. The number of aryl methyl sites for hydroxylation is 1. The zero-order valence-corrected chi connectivity index (χ0v) is 16.8. The molecule has 0 aliphatic carbocycles. The van der Waals surface area contributed by atoms with Crippen molar-refractivity contribution in [3.05, 3.63) is 105 Å². The third-order valence-corrected chi connectivity index (χ3v) is 5.85. The van der Waals surface area contributed by atoms with E-state index in [1.165, 1.54) is 33.0 Å². The molecule has 2 aromatic heterocycles. The van der Waals surface area contributed by atoms with Crippen molar-refractivity contribution < 1.29 is 0 Å². The third-order valence-electron chi connectivity index (χ3n) is 5.38. The number of H-pyrrole nitrogens is 2. The van der Waals surface area contributed by atoms with Crippen LogP contribution in [0.3, 0.4) is 0 Å². The molecule has 2 nitrogen and oxygen atoms in total. The van der Waals surface area contributed by atoms with E-state index in [0.717, 1.165) is 21.1 Å². The smallest absolute Gasteiger partial charge is 0.0472 e. The zero-order valence-electron chi connectivity index (χ0n) is 15.3. The molecule has 0 amide bonds. The molecule has 0 radical (unpaired) electrons. The van der Waals surface area contributed by atoms with Crippen LogP contribution < -0.4 is 0 Å². The number of hydrogen-bond donors (Lipinski definition) is 2. The van der Waals surface area contributed by atoms with Crippen LogP contribution in [0.15, 0.2) is 73.1 Å². The van der Waals surface area contributed by atoms with Crippen LogP contribution in [-0.4, -0.2) is 9.97 Å². The van der Waals surface area contributed by atoms with E-state index in [0.29, 0.717) is 0 Å². The van der Waals surface area contributed by atoms with Gasteiger partial charge in [-0.2, -0.15) is 0 Å². The number of fused-ring (bicyclic) bond motifs is 2. The van der Waals surface area contributed by atoms with Gasteiger partial charge in [-0.15, -0.1) is 0 Å². The summed E-state index contributed by atoms with van der Waals surface area (Å²) in [6.07, 6.45) is 4.19. The minimum Gasteiger partial charge on any atom is -0.361 e. The molecular weight excluding hydrogens is 387 g/mol. The Morgan fingerprint density at radius 2 is 1.18 bits per heavy atom. The molecule has 0 saturated carbocycles. The lowest BCUT2D eigenvalue weighted by molar-refractivity contribution is 0.996. The fourth-order valence-electron chi connectivity index (χ4n) is 4.00. The van der Waals surface area contributed by atoms with E-state index < -0.39 is 0 Å². The second-order valence-electron chi connectivity index (χ2n) is 7.21. The van der Waals surface area contributed by atoms with Crippen LogP contribution in [0.4, 0.5) is 0 Å². The van der Waals surface area contributed by atoms with Gasteiger partial charge in [0.15, 0.2) is 0 Å². The van der Waals surface area contributed by atoms with E-state index >= 15 is 0 Å². The van der Waals surface area contributed by atoms with Crippen molar-refractivity contribution in [2.45, 2.75) is 12.8 Å². The zero-order chi connectivity index (χ0) is 19.3. The molecule has 5 aromatic rings. The molecule has 0 aliphatic heterocycles. The van der Waals surface area contributed by atoms with E-state index in [-0.39, 0.29) is 5.92 Å². The number of aromatic amines is 2. The Balaban J connectivity index is 1.78. The van der Waals surface area contributed by atoms with Gasteiger partial charge < -0.3 is 9.97 Å². The molecule has 0 unspecified atom stereocenters. The van der Waals surface area contributed by atoms with Crippen molar-refractivity contribution in [1.82, 2.24) is 9.97 Å². The maximum absolute atomic E-state index is 6.20. The number of halogens is 2. The summed E-state index contributed by atoms with van der Waals surface area (Å²) in [4.78, 5) is 6.79. The standard InChI is InChI=1S/C24H18Cl2N2/c1-14-2-4-15(5-3-14)24(20-12-27-22-10-16(25)6-8-18(20)22)21-13-28-23-11-17(26)7-9-19(21)23/h2-13,24,27-28H,1H3. The minimum absolute atomic E-state index is 0.0884. The van der Waals surface area contributed by atoms with Crippen molar-refractivity contribution in [1.29, 1.82) is 0 Å². The molecule has 0 spiro atoms. The van der Waals surface area contributed by atoms with E-state index in [9.17, 15) is 0 Å². The molecule has 2 heterocycles. The Morgan fingerprint density at radius 3 is 1.68 bits per heavy atom. The van der Waals surface area contributed by atoms with Gasteiger partial charge in [0.2, 0.25) is 0 Å². The Kier molecular flexibility index (Phi) is 4.19. The first-order valence-electron chi connectivity index (χ1n) is 9.20. The fourth-order valence-corrected chi connectivity index (χ4v) is 4.35. The third kappa shape index (κ3) is 2.90. The minimum atomic E-state index is 0.0884. The molecule has 0 bridgehead atoms. The quantitative estimate of drug-likeness (QED) is 0.313. The summed E-state index contributed by atoms with van der Waals surface area (Å²) in [7, 11) is 0. The molecule has 138 valence electrons. The summed E-state index contributed by atoms with van der Waals surface area (Å²) in [5.41, 5.74) is 7.04. The van der Waals surface area contributed by atoms with Crippen molar-refractivity contribution >= 4 is 45.0 Å². The Labute approximate surface area is 173 Å². The highest BCUT2D eigenvalue weighted by atomic mass is 35.5. The monoisotopic (exact) mass is 404 g/mol. The highest BCUT2D eigenvalue weighted by Crippen LogP contribution is 2.40. The van der Waals surface area contributed by atoms with Crippen molar-refractivity contribution in [2.24, 2.45) is 0 Å². The lowest BCUT2D eigenvalue weighted by atomic mass is 9.84. The lowest BCUT2D eigenvalue weighted by Crippen LogP contribution is -2.02. The first-order valence-corrected chi connectivity index (χ1v) is 9.95. The predicted octanol–water partition coefficient (Wildman–Crippen LogP) is 7.44. The van der Waals surface area contributed by atoms with Crippen LogP contribution in [0, 0.1) is 6.92 Å². The van der Waals surface area contributed by atoms with Crippen LogP contribution in [0.2, 0.25) is 10.0 Å². The van der Waals surface area contributed by atoms with Crippen molar-refractivity contribution in [2.75, 3.05) is 0 Å². The van der Waals surface area contributed by atoms with E-state index in [1.807, 2.05) is 24.3 Å². The topological polar surface area (TPSA) is 31.6 Å². The molecule has 5 rings (SSSR count). The second kappa shape index (κ2) is 6.73. The second-order valence-corrected chi connectivity index (χ2v) is 8.08. The first kappa shape index (κ1) is 17.4. The van der Waals surface area contributed by atoms with E-state index in [4.69, 9.17) is 23.2 Å². The van der Waals surface area contributed by atoms with E-state index in [2.05, 4.69) is 65.7 Å². The molecule has 0 fully saturated rings. The van der Waals surface area contributed by atoms with Gasteiger partial charge in [-0.05, 0) is 47.9 Å². The fraction of sp³-hybridized carbons (Fsp3) is 0.0833. The first-order chi connectivity index (χ1) is 13.6. The maximum Gasteiger partial charge on any atom is 0.0472 e. The highest BCUT2D eigenvalue weighted by molar-refractivity contribution is 6.31. The van der Waals surface area contributed by atoms with Gasteiger partial charge in [0.05, 0.1) is 0 Å². The van der Waals surface area contributed by atoms with Crippen LogP contribution in [0.5, 0.6) is 0 Å². The van der Waals surface area contributed by atoms with Crippen molar-refractivity contribution in [3.8, 4) is 0 Å². The van der Waals surface area contributed by atoms with Crippen LogP contribution in [-0.2, 0) is 0 Å². The molecule has 28 heavy (non-hydrogen) atoms. The molecule has 0 atom stereocenters. The number of rotatable bonds is 3. The molecule has 0 aliphatic rings. The lowest BCUT2D eigenvalue weighted by Gasteiger charge is -2.18. The molecule has 0 saturated heterocycles. The molecule has 3 aromatic carbocycles. The Hall–Kier alpha value is -2.68. The van der Waals surface area contributed by atoms with Crippen LogP contribution in [0.1, 0.15) is 28.2 Å². The van der Waals surface area contributed by atoms with Crippen LogP contribution >= 0.6 is 23.2 Å². The summed E-state index contributed by atoms with van der Waals surface area (Å²) in [6.45, 7) is 2.11. The maximum atomic E-state index is 6.20. The highest BCUT2D eigenvalue weighted by Gasteiger charge is 2.23. The number of nitrogens with one attached hydrogen (secondary N) is 2. The summed E-state index contributed by atoms with van der Waals surface area (Å²) >= 11 is 12.4. The molecular formula is C24H18Cl2N2. The van der Waals surface area contributed by atoms with Gasteiger partial charge in [-0.25, -0.2) is 0 Å². The number of hydrogen-bond acceptors (Lipinski definition) is 0. The summed E-state index contributed by atoms with van der Waals surface area (Å²) in [6, 6.07) is 20.8. The van der Waals surface area contributed by atoms with Gasteiger partial charge in [-0.1, -0.05) is 65.2 Å². The van der Waals surface area contributed by atoms with E-state index in [1.54, 1.807) is 0 Å². The van der Waals surface area contributed by atoms with Gasteiger partial charge >= 0.3 is 0 Å². The normalized spacial score (nSPS) is 11.7. The molecule has 4 heteroatoms. The summed E-state index contributed by atoms with van der Waals surface area (Å²) in [5.74, 6) is 0.0884. The Bertz CT molecular complexity index is 1220. The van der Waals surface area contributed by atoms with Gasteiger partial charge in [-0.3, -0.25) is 0 Å². The molecule has 2 N–H and O–H groups in total.